The molecule has 0 saturated carbocycles. The zero-order chi connectivity index (χ0) is 9.97. The molecule has 4 heteroatoms. The highest BCUT2D eigenvalue weighted by atomic mass is 32.2. The Labute approximate surface area is 88.1 Å². The summed E-state index contributed by atoms with van der Waals surface area (Å²) in [7, 11) is 0. The average Bonchev–Trinajstić information content (AvgIpc) is 2.75. The van der Waals surface area contributed by atoms with Crippen molar-refractivity contribution < 1.29 is 4.79 Å². The van der Waals surface area contributed by atoms with Crippen molar-refractivity contribution in [3.05, 3.63) is 24.5 Å². The Balaban J connectivity index is 1.95. The topological polar surface area (TPSA) is 25.2 Å². The maximum atomic E-state index is 11.8. The Morgan fingerprint density at radius 2 is 2.21 bits per heavy atom. The minimum atomic E-state index is 0.221. The second-order valence-electron chi connectivity index (χ2n) is 3.41. The van der Waals surface area contributed by atoms with E-state index in [2.05, 4.69) is 6.92 Å². The van der Waals surface area contributed by atoms with E-state index >= 15 is 0 Å². The van der Waals surface area contributed by atoms with Gasteiger partial charge in [0, 0.05) is 24.7 Å². The molecule has 1 amide bonds. The molecule has 0 bridgehead atoms. The van der Waals surface area contributed by atoms with Gasteiger partial charge in [0.15, 0.2) is 0 Å². The molecule has 76 valence electrons. The molecule has 1 saturated heterocycles. The molecular weight excluding hydrogens is 196 g/mol. The Morgan fingerprint density at radius 3 is 2.79 bits per heavy atom. The van der Waals surface area contributed by atoms with E-state index in [0.717, 1.165) is 12.3 Å². The van der Waals surface area contributed by atoms with Gasteiger partial charge >= 0.3 is 0 Å². The Bertz CT molecular complexity index is 310. The number of hydrogen-bond acceptors (Lipinski definition) is 2. The van der Waals surface area contributed by atoms with Crippen LogP contribution < -0.4 is 0 Å². The van der Waals surface area contributed by atoms with Gasteiger partial charge in [0.1, 0.15) is 6.54 Å². The fourth-order valence-electron chi connectivity index (χ4n) is 1.64. The fourth-order valence-corrected chi connectivity index (χ4v) is 2.69. The van der Waals surface area contributed by atoms with Crippen molar-refractivity contribution in [2.75, 3.05) is 12.3 Å². The number of carbonyl (C=O) groups excluding carboxylic acids is 1. The van der Waals surface area contributed by atoms with Crippen LogP contribution in [0.25, 0.3) is 0 Å². The molecule has 0 aromatic carbocycles. The van der Waals surface area contributed by atoms with Crippen LogP contribution in [0.1, 0.15) is 6.92 Å². The van der Waals surface area contributed by atoms with Gasteiger partial charge in [-0.25, -0.2) is 0 Å². The molecule has 0 N–H and O–H groups in total. The van der Waals surface area contributed by atoms with Gasteiger partial charge in [-0.1, -0.05) is 0 Å². The first-order valence-electron chi connectivity index (χ1n) is 4.79. The molecule has 1 unspecified atom stereocenters. The van der Waals surface area contributed by atoms with Crippen molar-refractivity contribution in [2.24, 2.45) is 0 Å². The van der Waals surface area contributed by atoms with Crippen LogP contribution >= 0.6 is 11.8 Å². The highest BCUT2D eigenvalue weighted by molar-refractivity contribution is 8.00. The molecule has 1 fully saturated rings. The number of aromatic nitrogens is 1. The lowest BCUT2D eigenvalue weighted by molar-refractivity contribution is -0.131. The highest BCUT2D eigenvalue weighted by Crippen LogP contribution is 2.22. The monoisotopic (exact) mass is 210 g/mol. The van der Waals surface area contributed by atoms with Gasteiger partial charge in [-0.3, -0.25) is 4.79 Å². The van der Waals surface area contributed by atoms with E-state index in [-0.39, 0.29) is 5.91 Å². The highest BCUT2D eigenvalue weighted by Gasteiger charge is 2.25. The van der Waals surface area contributed by atoms with Crippen molar-refractivity contribution in [2.45, 2.75) is 18.8 Å². The van der Waals surface area contributed by atoms with E-state index in [1.54, 1.807) is 0 Å². The summed E-state index contributed by atoms with van der Waals surface area (Å²) in [4.78, 5) is 13.8. The number of hydrogen-bond donors (Lipinski definition) is 0. The van der Waals surface area contributed by atoms with E-state index in [1.807, 2.05) is 45.8 Å². The van der Waals surface area contributed by atoms with Crippen molar-refractivity contribution >= 4 is 17.7 Å². The third-order valence-electron chi connectivity index (χ3n) is 2.43. The molecule has 1 aliphatic heterocycles. The first-order valence-corrected chi connectivity index (χ1v) is 5.84. The lowest BCUT2D eigenvalue weighted by Gasteiger charge is -2.20. The van der Waals surface area contributed by atoms with Crippen LogP contribution in [0.15, 0.2) is 24.5 Å². The van der Waals surface area contributed by atoms with E-state index in [1.165, 1.54) is 0 Å². The molecular formula is C10H14N2OS. The molecule has 2 rings (SSSR count). The maximum absolute atomic E-state index is 11.8. The minimum absolute atomic E-state index is 0.221. The van der Waals surface area contributed by atoms with Crippen LogP contribution in [0.2, 0.25) is 0 Å². The number of rotatable bonds is 2. The number of amides is 1. The molecule has 2 heterocycles. The minimum Gasteiger partial charge on any atom is -0.345 e. The maximum Gasteiger partial charge on any atom is 0.243 e. The number of thioether (sulfide) groups is 1. The third kappa shape index (κ3) is 1.95. The quantitative estimate of drug-likeness (QED) is 0.737. The van der Waals surface area contributed by atoms with Crippen LogP contribution in [-0.4, -0.2) is 33.0 Å². The summed E-state index contributed by atoms with van der Waals surface area (Å²) < 4.78 is 1.91. The first kappa shape index (κ1) is 9.65. The normalized spacial score (nSPS) is 21.5. The third-order valence-corrected chi connectivity index (χ3v) is 3.59. The van der Waals surface area contributed by atoms with Crippen LogP contribution in [0.5, 0.6) is 0 Å². The van der Waals surface area contributed by atoms with Crippen LogP contribution in [0, 0.1) is 0 Å². The molecule has 1 aromatic rings. The second kappa shape index (κ2) is 4.09. The molecule has 1 aliphatic rings. The largest absolute Gasteiger partial charge is 0.345 e. The molecule has 3 nitrogen and oxygen atoms in total. The van der Waals surface area contributed by atoms with E-state index < -0.39 is 0 Å². The standard InChI is InChI=1S/C10H14N2OS/c1-9-12(6-7-14-9)10(13)8-11-4-2-3-5-11/h2-5,9H,6-8H2,1H3. The Hall–Kier alpha value is -0.900. The molecule has 14 heavy (non-hydrogen) atoms. The summed E-state index contributed by atoms with van der Waals surface area (Å²) in [6.45, 7) is 3.45. The molecule has 0 aliphatic carbocycles. The molecule has 0 spiro atoms. The average molecular weight is 210 g/mol. The Kier molecular flexibility index (Phi) is 2.82. The van der Waals surface area contributed by atoms with Crippen molar-refractivity contribution in [3.63, 3.8) is 0 Å². The van der Waals surface area contributed by atoms with Crippen LogP contribution in [0.4, 0.5) is 0 Å². The summed E-state index contributed by atoms with van der Waals surface area (Å²) in [6, 6.07) is 3.88. The fraction of sp³-hybridized carbons (Fsp3) is 0.500. The molecule has 1 atom stereocenters. The van der Waals surface area contributed by atoms with E-state index in [0.29, 0.717) is 11.9 Å². The van der Waals surface area contributed by atoms with E-state index in [9.17, 15) is 4.79 Å². The summed E-state index contributed by atoms with van der Waals surface area (Å²) in [6.07, 6.45) is 3.84. The van der Waals surface area contributed by atoms with Gasteiger partial charge in [0.2, 0.25) is 5.91 Å². The van der Waals surface area contributed by atoms with Crippen LogP contribution in [0.3, 0.4) is 0 Å². The summed E-state index contributed by atoms with van der Waals surface area (Å²) in [5, 5.41) is 0.345. The zero-order valence-electron chi connectivity index (χ0n) is 8.22. The van der Waals surface area contributed by atoms with Gasteiger partial charge in [-0.05, 0) is 19.1 Å². The molecule has 1 aromatic heterocycles. The summed E-state index contributed by atoms with van der Waals surface area (Å²) in [5.74, 6) is 1.29. The van der Waals surface area contributed by atoms with Crippen molar-refractivity contribution in [1.82, 2.24) is 9.47 Å². The predicted octanol–water partition coefficient (Wildman–Crippen LogP) is 1.41. The SMILES string of the molecule is CC1SCCN1C(=O)Cn1cccc1. The summed E-state index contributed by atoms with van der Waals surface area (Å²) >= 11 is 1.84. The van der Waals surface area contributed by atoms with E-state index in [4.69, 9.17) is 0 Å². The van der Waals surface area contributed by atoms with Gasteiger partial charge < -0.3 is 9.47 Å². The van der Waals surface area contributed by atoms with Gasteiger partial charge in [-0.2, -0.15) is 0 Å². The first-order chi connectivity index (χ1) is 6.77. The van der Waals surface area contributed by atoms with Crippen LogP contribution in [-0.2, 0) is 11.3 Å². The Morgan fingerprint density at radius 1 is 1.50 bits per heavy atom. The summed E-state index contributed by atoms with van der Waals surface area (Å²) in [5.41, 5.74) is 0. The smallest absolute Gasteiger partial charge is 0.243 e. The lowest BCUT2D eigenvalue weighted by Crippen LogP contribution is -2.35. The second-order valence-corrected chi connectivity index (χ2v) is 4.84. The number of nitrogens with zero attached hydrogens (tertiary/aromatic N) is 2. The van der Waals surface area contributed by atoms with Gasteiger partial charge in [0.05, 0.1) is 5.37 Å². The van der Waals surface area contributed by atoms with Crippen molar-refractivity contribution in [1.29, 1.82) is 0 Å². The van der Waals surface area contributed by atoms with Crippen molar-refractivity contribution in [3.8, 4) is 0 Å². The van der Waals surface area contributed by atoms with Gasteiger partial charge in [0.25, 0.3) is 0 Å². The molecule has 0 radical (unpaired) electrons. The zero-order valence-corrected chi connectivity index (χ0v) is 9.04. The lowest BCUT2D eigenvalue weighted by atomic mass is 10.4. The number of carbonyl (C=O) groups is 1. The predicted molar refractivity (Wildman–Crippen MR) is 58.1 cm³/mol. The van der Waals surface area contributed by atoms with Gasteiger partial charge in [-0.15, -0.1) is 11.8 Å².